The summed E-state index contributed by atoms with van der Waals surface area (Å²) in [4.78, 5) is 15.5. The van der Waals surface area contributed by atoms with Gasteiger partial charge in [-0.3, -0.25) is 15.0 Å². The minimum absolute atomic E-state index is 0.149. The number of carbonyl (C=O) groups is 1. The van der Waals surface area contributed by atoms with Crippen molar-refractivity contribution in [2.75, 3.05) is 13.2 Å². The van der Waals surface area contributed by atoms with Crippen molar-refractivity contribution in [2.45, 2.75) is 6.42 Å². The van der Waals surface area contributed by atoms with E-state index in [1.807, 2.05) is 6.07 Å². The first-order valence-electron chi connectivity index (χ1n) is 5.92. The van der Waals surface area contributed by atoms with Crippen LogP contribution in [-0.2, 0) is 0 Å². The number of fused-ring (bicyclic) bond motifs is 2. The lowest BCUT2D eigenvalue weighted by atomic mass is 10.1. The van der Waals surface area contributed by atoms with Gasteiger partial charge in [-0.1, -0.05) is 0 Å². The molecule has 1 aliphatic rings. The van der Waals surface area contributed by atoms with Crippen molar-refractivity contribution in [3.05, 3.63) is 30.1 Å². The van der Waals surface area contributed by atoms with Gasteiger partial charge in [0.05, 0.1) is 13.2 Å². The van der Waals surface area contributed by atoms with E-state index in [0.29, 0.717) is 30.1 Å². The number of carbonyl (C=O) groups excluding carboxylic acids is 1. The first-order chi connectivity index (χ1) is 9.29. The van der Waals surface area contributed by atoms with Crippen molar-refractivity contribution < 1.29 is 19.5 Å². The summed E-state index contributed by atoms with van der Waals surface area (Å²) in [7, 11) is 0. The van der Waals surface area contributed by atoms with Gasteiger partial charge in [-0.2, -0.15) is 0 Å². The van der Waals surface area contributed by atoms with Gasteiger partial charge in [0, 0.05) is 18.0 Å². The van der Waals surface area contributed by atoms with Crippen molar-refractivity contribution >= 4 is 16.7 Å². The Morgan fingerprint density at radius 3 is 2.74 bits per heavy atom. The highest BCUT2D eigenvalue weighted by atomic mass is 16.5. The molecular formula is C13H12N2O4. The van der Waals surface area contributed by atoms with Crippen LogP contribution in [0.15, 0.2) is 24.4 Å². The Morgan fingerprint density at radius 1 is 1.26 bits per heavy atom. The molecule has 1 aliphatic heterocycles. The third-order valence-corrected chi connectivity index (χ3v) is 2.95. The van der Waals surface area contributed by atoms with Gasteiger partial charge in [0.15, 0.2) is 11.5 Å². The summed E-state index contributed by atoms with van der Waals surface area (Å²) < 4.78 is 11.2. The van der Waals surface area contributed by atoms with E-state index < -0.39 is 5.91 Å². The number of benzene rings is 1. The maximum Gasteiger partial charge on any atom is 0.293 e. The van der Waals surface area contributed by atoms with E-state index in [0.717, 1.165) is 11.8 Å². The second-order valence-electron chi connectivity index (χ2n) is 4.17. The van der Waals surface area contributed by atoms with Crippen LogP contribution in [0.2, 0.25) is 0 Å². The fourth-order valence-electron chi connectivity index (χ4n) is 2.06. The van der Waals surface area contributed by atoms with Crippen LogP contribution in [0.3, 0.4) is 0 Å². The molecule has 98 valence electrons. The summed E-state index contributed by atoms with van der Waals surface area (Å²) in [6, 6.07) is 5.30. The second kappa shape index (κ2) is 4.74. The molecular weight excluding hydrogens is 248 g/mol. The highest BCUT2D eigenvalue weighted by Gasteiger charge is 2.16. The normalized spacial score (nSPS) is 13.9. The molecule has 0 radical (unpaired) electrons. The van der Waals surface area contributed by atoms with E-state index in [2.05, 4.69) is 4.98 Å². The maximum absolute atomic E-state index is 11.6. The Balaban J connectivity index is 2.21. The van der Waals surface area contributed by atoms with Gasteiger partial charge in [-0.15, -0.1) is 0 Å². The molecule has 0 saturated carbocycles. The lowest BCUT2D eigenvalue weighted by molar-refractivity contribution is 0.0703. The summed E-state index contributed by atoms with van der Waals surface area (Å²) in [6.07, 6.45) is 2.32. The predicted molar refractivity (Wildman–Crippen MR) is 66.6 cm³/mol. The van der Waals surface area contributed by atoms with E-state index in [9.17, 15) is 4.79 Å². The molecule has 2 aromatic rings. The first kappa shape index (κ1) is 11.7. The number of nitrogens with one attached hydrogen (secondary N) is 1. The highest BCUT2D eigenvalue weighted by Crippen LogP contribution is 2.34. The monoisotopic (exact) mass is 260 g/mol. The molecule has 19 heavy (non-hydrogen) atoms. The van der Waals surface area contributed by atoms with Gasteiger partial charge in [0.2, 0.25) is 0 Å². The molecule has 6 nitrogen and oxygen atoms in total. The van der Waals surface area contributed by atoms with Gasteiger partial charge in [-0.25, -0.2) is 5.48 Å². The quantitative estimate of drug-likeness (QED) is 0.600. The van der Waals surface area contributed by atoms with Crippen molar-refractivity contribution in [1.29, 1.82) is 0 Å². The molecule has 2 heterocycles. The van der Waals surface area contributed by atoms with Gasteiger partial charge < -0.3 is 9.47 Å². The van der Waals surface area contributed by atoms with E-state index in [1.165, 1.54) is 6.20 Å². The standard InChI is InChI=1S/C13H12N2O4/c16-13(15-17)12-9-7-11-10(18-4-1-5-19-11)6-8(9)2-3-14-12/h2-3,6-7,17H,1,4-5H2,(H,15,16). The summed E-state index contributed by atoms with van der Waals surface area (Å²) in [5, 5.41) is 10.1. The molecule has 0 fully saturated rings. The summed E-state index contributed by atoms with van der Waals surface area (Å²) in [5.74, 6) is 0.594. The third kappa shape index (κ3) is 2.06. The lowest BCUT2D eigenvalue weighted by Gasteiger charge is -2.10. The minimum atomic E-state index is -0.653. The molecule has 0 saturated heterocycles. The number of hydrogen-bond donors (Lipinski definition) is 2. The fraction of sp³-hybridized carbons (Fsp3) is 0.231. The number of ether oxygens (including phenoxy) is 2. The molecule has 0 bridgehead atoms. The maximum atomic E-state index is 11.6. The summed E-state index contributed by atoms with van der Waals surface area (Å²) in [6.45, 7) is 1.17. The summed E-state index contributed by atoms with van der Waals surface area (Å²) >= 11 is 0. The number of pyridine rings is 1. The average molecular weight is 260 g/mol. The van der Waals surface area contributed by atoms with Crippen LogP contribution in [0.4, 0.5) is 0 Å². The molecule has 0 spiro atoms. The SMILES string of the molecule is O=C(NO)c1nccc2cc3c(cc12)OCCCO3. The lowest BCUT2D eigenvalue weighted by Crippen LogP contribution is -2.20. The van der Waals surface area contributed by atoms with Crippen LogP contribution in [0.1, 0.15) is 16.9 Å². The first-order valence-corrected chi connectivity index (χ1v) is 5.92. The zero-order valence-corrected chi connectivity index (χ0v) is 10.0. The zero-order chi connectivity index (χ0) is 13.2. The van der Waals surface area contributed by atoms with Crippen molar-refractivity contribution in [2.24, 2.45) is 0 Å². The van der Waals surface area contributed by atoms with Crippen LogP contribution < -0.4 is 15.0 Å². The number of hydroxylamine groups is 1. The highest BCUT2D eigenvalue weighted by molar-refractivity contribution is 6.05. The average Bonchev–Trinajstić information content (AvgIpc) is 2.68. The number of nitrogens with zero attached hydrogens (tertiary/aromatic N) is 1. The van der Waals surface area contributed by atoms with Crippen LogP contribution in [0.5, 0.6) is 11.5 Å². The van der Waals surface area contributed by atoms with E-state index in [4.69, 9.17) is 14.7 Å². The van der Waals surface area contributed by atoms with Crippen molar-refractivity contribution in [1.82, 2.24) is 10.5 Å². The van der Waals surface area contributed by atoms with E-state index in [1.54, 1.807) is 17.6 Å². The Kier molecular flexibility index (Phi) is 2.92. The zero-order valence-electron chi connectivity index (χ0n) is 10.0. The third-order valence-electron chi connectivity index (χ3n) is 2.95. The molecule has 0 atom stereocenters. The van der Waals surface area contributed by atoms with Crippen molar-refractivity contribution in [3.63, 3.8) is 0 Å². The number of hydrogen-bond acceptors (Lipinski definition) is 5. The predicted octanol–water partition coefficient (Wildman–Crippen LogP) is 1.52. The molecule has 0 aliphatic carbocycles. The second-order valence-corrected chi connectivity index (χ2v) is 4.17. The fourth-order valence-corrected chi connectivity index (χ4v) is 2.06. The molecule has 1 aromatic carbocycles. The van der Waals surface area contributed by atoms with E-state index >= 15 is 0 Å². The topological polar surface area (TPSA) is 80.7 Å². The number of amides is 1. The van der Waals surface area contributed by atoms with Crippen LogP contribution in [0, 0.1) is 0 Å². The number of rotatable bonds is 1. The Hall–Kier alpha value is -2.34. The van der Waals surface area contributed by atoms with Gasteiger partial charge in [-0.05, 0) is 23.6 Å². The van der Waals surface area contributed by atoms with Crippen molar-refractivity contribution in [3.8, 4) is 11.5 Å². The Labute approximate surface area is 108 Å². The molecule has 3 rings (SSSR count). The van der Waals surface area contributed by atoms with Gasteiger partial charge in [0.25, 0.3) is 5.91 Å². The molecule has 2 N–H and O–H groups in total. The molecule has 1 aromatic heterocycles. The largest absolute Gasteiger partial charge is 0.490 e. The molecule has 1 amide bonds. The van der Waals surface area contributed by atoms with Crippen LogP contribution >= 0.6 is 0 Å². The summed E-state index contributed by atoms with van der Waals surface area (Å²) in [5.41, 5.74) is 1.74. The van der Waals surface area contributed by atoms with Crippen LogP contribution in [-0.4, -0.2) is 29.3 Å². The van der Waals surface area contributed by atoms with Gasteiger partial charge >= 0.3 is 0 Å². The Bertz CT molecular complexity index is 642. The van der Waals surface area contributed by atoms with Crippen LogP contribution in [0.25, 0.3) is 10.8 Å². The number of aromatic nitrogens is 1. The Morgan fingerprint density at radius 2 is 2.00 bits per heavy atom. The smallest absolute Gasteiger partial charge is 0.293 e. The molecule has 0 unspecified atom stereocenters. The van der Waals surface area contributed by atoms with E-state index in [-0.39, 0.29) is 5.69 Å². The minimum Gasteiger partial charge on any atom is -0.490 e. The van der Waals surface area contributed by atoms with Gasteiger partial charge in [0.1, 0.15) is 5.69 Å². The molecule has 6 heteroatoms.